The number of nitrogens with zero attached hydrogens (tertiary/aromatic N) is 3. The highest BCUT2D eigenvalue weighted by atomic mass is 35.5. The molecule has 3 aromatic rings. The highest BCUT2D eigenvalue weighted by Gasteiger charge is 2.11. The van der Waals surface area contributed by atoms with E-state index in [-0.39, 0.29) is 5.28 Å². The molecule has 0 aliphatic rings. The summed E-state index contributed by atoms with van der Waals surface area (Å²) in [5, 5.41) is 3.31. The Kier molecular flexibility index (Phi) is 2.96. The van der Waals surface area contributed by atoms with Crippen molar-refractivity contribution in [1.82, 2.24) is 19.9 Å². The third-order valence-electron chi connectivity index (χ3n) is 2.44. The summed E-state index contributed by atoms with van der Waals surface area (Å²) >= 11 is 11.8. The monoisotopic (exact) mass is 297 g/mol. The molecule has 1 aromatic carbocycles. The van der Waals surface area contributed by atoms with E-state index in [4.69, 9.17) is 23.2 Å². The maximum atomic E-state index is 13.2. The SMILES string of the molecule is Fc1ccc(Cl)c(Nc2nc(Cl)nc3nc[nH]c23)c1. The fraction of sp³-hybridized carbons (Fsp3) is 0. The van der Waals surface area contributed by atoms with Crippen molar-refractivity contribution in [3.8, 4) is 0 Å². The normalized spacial score (nSPS) is 10.9. The number of benzene rings is 1. The van der Waals surface area contributed by atoms with Crippen molar-refractivity contribution in [3.63, 3.8) is 0 Å². The van der Waals surface area contributed by atoms with Gasteiger partial charge in [-0.25, -0.2) is 9.37 Å². The minimum atomic E-state index is -0.409. The summed E-state index contributed by atoms with van der Waals surface area (Å²) in [7, 11) is 0. The Morgan fingerprint density at radius 1 is 1.21 bits per heavy atom. The lowest BCUT2D eigenvalue weighted by atomic mass is 10.3. The van der Waals surface area contributed by atoms with Crippen LogP contribution < -0.4 is 5.32 Å². The standard InChI is InChI=1S/C11H6Cl2FN5/c12-6-2-1-5(14)3-7(6)17-10-8-9(16-4-15-8)18-11(13)19-10/h1-4H,(H2,15,16,17,18,19). The number of hydrogen-bond acceptors (Lipinski definition) is 4. The highest BCUT2D eigenvalue weighted by Crippen LogP contribution is 2.28. The van der Waals surface area contributed by atoms with E-state index in [1.54, 1.807) is 0 Å². The van der Waals surface area contributed by atoms with Crippen LogP contribution in [-0.4, -0.2) is 19.9 Å². The van der Waals surface area contributed by atoms with Crippen molar-refractivity contribution >= 4 is 45.9 Å². The molecular formula is C11H6Cl2FN5. The number of halogens is 3. The number of anilines is 2. The fourth-order valence-corrected chi connectivity index (χ4v) is 1.95. The van der Waals surface area contributed by atoms with Crippen molar-refractivity contribution in [2.45, 2.75) is 0 Å². The number of nitrogens with one attached hydrogen (secondary N) is 2. The Bertz CT molecular complexity index is 758. The molecule has 19 heavy (non-hydrogen) atoms. The molecule has 2 aromatic heterocycles. The smallest absolute Gasteiger partial charge is 0.226 e. The van der Waals surface area contributed by atoms with Gasteiger partial charge in [-0.05, 0) is 29.8 Å². The molecule has 0 saturated heterocycles. The molecule has 0 amide bonds. The van der Waals surface area contributed by atoms with Crippen LogP contribution in [0, 0.1) is 5.82 Å². The Labute approximate surface area is 116 Å². The van der Waals surface area contributed by atoms with Crippen LogP contribution in [0.4, 0.5) is 15.9 Å². The molecule has 0 fully saturated rings. The molecule has 5 nitrogen and oxygen atoms in total. The molecule has 0 atom stereocenters. The van der Waals surface area contributed by atoms with Crippen LogP contribution in [0.5, 0.6) is 0 Å². The number of fused-ring (bicyclic) bond motifs is 1. The van der Waals surface area contributed by atoms with Crippen molar-refractivity contribution < 1.29 is 4.39 Å². The first-order chi connectivity index (χ1) is 9.13. The van der Waals surface area contributed by atoms with Gasteiger partial charge in [-0.15, -0.1) is 0 Å². The lowest BCUT2D eigenvalue weighted by Gasteiger charge is -2.08. The molecule has 0 saturated carbocycles. The first-order valence-corrected chi connectivity index (χ1v) is 5.98. The fourth-order valence-electron chi connectivity index (χ4n) is 1.62. The van der Waals surface area contributed by atoms with Crippen molar-refractivity contribution in [2.24, 2.45) is 0 Å². The Morgan fingerprint density at radius 3 is 2.89 bits per heavy atom. The second-order valence-corrected chi connectivity index (χ2v) is 4.44. The largest absolute Gasteiger partial charge is 0.340 e. The van der Waals surface area contributed by atoms with Gasteiger partial charge in [0, 0.05) is 0 Å². The number of H-pyrrole nitrogens is 1. The quantitative estimate of drug-likeness (QED) is 0.710. The Morgan fingerprint density at radius 2 is 2.05 bits per heavy atom. The van der Waals surface area contributed by atoms with E-state index in [2.05, 4.69) is 25.3 Å². The third kappa shape index (κ3) is 2.32. The zero-order chi connectivity index (χ0) is 13.4. The van der Waals surface area contributed by atoms with Gasteiger partial charge in [0.05, 0.1) is 17.0 Å². The maximum Gasteiger partial charge on any atom is 0.226 e. The first-order valence-electron chi connectivity index (χ1n) is 5.22. The topological polar surface area (TPSA) is 66.5 Å². The van der Waals surface area contributed by atoms with Crippen LogP contribution in [0.2, 0.25) is 10.3 Å². The lowest BCUT2D eigenvalue weighted by molar-refractivity contribution is 0.628. The number of imidazole rings is 1. The van der Waals surface area contributed by atoms with Crippen LogP contribution >= 0.6 is 23.2 Å². The lowest BCUT2D eigenvalue weighted by Crippen LogP contribution is -1.98. The van der Waals surface area contributed by atoms with Gasteiger partial charge in [-0.3, -0.25) is 0 Å². The van der Waals surface area contributed by atoms with Gasteiger partial charge < -0.3 is 10.3 Å². The molecule has 0 spiro atoms. The maximum absolute atomic E-state index is 13.2. The van der Waals surface area contributed by atoms with Crippen molar-refractivity contribution in [3.05, 3.63) is 40.6 Å². The Hall–Kier alpha value is -1.92. The van der Waals surface area contributed by atoms with E-state index in [0.29, 0.717) is 27.7 Å². The minimum absolute atomic E-state index is 0.0367. The number of aromatic nitrogens is 4. The summed E-state index contributed by atoms with van der Waals surface area (Å²) in [5.74, 6) is -0.0343. The second kappa shape index (κ2) is 4.64. The first kappa shape index (κ1) is 12.1. The predicted molar refractivity (Wildman–Crippen MR) is 71.4 cm³/mol. The van der Waals surface area contributed by atoms with E-state index < -0.39 is 5.82 Å². The summed E-state index contributed by atoms with van der Waals surface area (Å²) in [6.45, 7) is 0. The van der Waals surface area contributed by atoms with Gasteiger partial charge in [0.15, 0.2) is 11.5 Å². The van der Waals surface area contributed by atoms with Gasteiger partial charge in [0.2, 0.25) is 5.28 Å². The van der Waals surface area contributed by atoms with Crippen molar-refractivity contribution in [1.29, 1.82) is 0 Å². The second-order valence-electron chi connectivity index (χ2n) is 3.69. The van der Waals surface area contributed by atoms with Crippen LogP contribution in [0.15, 0.2) is 24.5 Å². The molecule has 0 bridgehead atoms. The summed E-state index contributed by atoms with van der Waals surface area (Å²) < 4.78 is 13.2. The minimum Gasteiger partial charge on any atom is -0.340 e. The van der Waals surface area contributed by atoms with Gasteiger partial charge >= 0.3 is 0 Å². The van der Waals surface area contributed by atoms with Crippen LogP contribution in [0.3, 0.4) is 0 Å². The zero-order valence-electron chi connectivity index (χ0n) is 9.28. The molecule has 0 aliphatic carbocycles. The molecule has 3 rings (SSSR count). The Balaban J connectivity index is 2.10. The average Bonchev–Trinajstić information content (AvgIpc) is 2.82. The zero-order valence-corrected chi connectivity index (χ0v) is 10.8. The van der Waals surface area contributed by atoms with E-state index in [9.17, 15) is 4.39 Å². The van der Waals surface area contributed by atoms with Crippen LogP contribution in [-0.2, 0) is 0 Å². The van der Waals surface area contributed by atoms with Crippen LogP contribution in [0.1, 0.15) is 0 Å². The van der Waals surface area contributed by atoms with Gasteiger partial charge in [-0.1, -0.05) is 11.6 Å². The molecular weight excluding hydrogens is 292 g/mol. The van der Waals surface area contributed by atoms with Crippen LogP contribution in [0.25, 0.3) is 11.2 Å². The molecule has 0 aliphatic heterocycles. The summed E-state index contributed by atoms with van der Waals surface area (Å²) in [6.07, 6.45) is 1.47. The van der Waals surface area contributed by atoms with E-state index in [1.807, 2.05) is 0 Å². The average molecular weight is 298 g/mol. The molecule has 8 heteroatoms. The van der Waals surface area contributed by atoms with Gasteiger partial charge in [0.1, 0.15) is 11.3 Å². The van der Waals surface area contributed by atoms with E-state index >= 15 is 0 Å². The number of hydrogen-bond donors (Lipinski definition) is 2. The van der Waals surface area contributed by atoms with E-state index in [0.717, 1.165) is 0 Å². The molecule has 0 unspecified atom stereocenters. The molecule has 96 valence electrons. The molecule has 0 radical (unpaired) electrons. The molecule has 2 N–H and O–H groups in total. The predicted octanol–water partition coefficient (Wildman–Crippen LogP) is 3.54. The number of rotatable bonds is 2. The molecule has 2 heterocycles. The van der Waals surface area contributed by atoms with Crippen molar-refractivity contribution in [2.75, 3.05) is 5.32 Å². The summed E-state index contributed by atoms with van der Waals surface area (Å²) in [6, 6.07) is 3.99. The van der Waals surface area contributed by atoms with Gasteiger partial charge in [-0.2, -0.15) is 9.97 Å². The van der Waals surface area contributed by atoms with Gasteiger partial charge in [0.25, 0.3) is 0 Å². The summed E-state index contributed by atoms with van der Waals surface area (Å²) in [5.41, 5.74) is 1.35. The van der Waals surface area contributed by atoms with E-state index in [1.165, 1.54) is 24.5 Å². The highest BCUT2D eigenvalue weighted by molar-refractivity contribution is 6.33. The third-order valence-corrected chi connectivity index (χ3v) is 2.94. The summed E-state index contributed by atoms with van der Waals surface area (Å²) in [4.78, 5) is 14.8. The number of aromatic amines is 1.